The Morgan fingerprint density at radius 3 is 2.39 bits per heavy atom. The lowest BCUT2D eigenvalue weighted by Crippen LogP contribution is -2.41. The van der Waals surface area contributed by atoms with Gasteiger partial charge in [0.25, 0.3) is 0 Å². The summed E-state index contributed by atoms with van der Waals surface area (Å²) in [4.78, 5) is 0.0801. The van der Waals surface area contributed by atoms with E-state index in [1.807, 2.05) is 6.92 Å². The second-order valence-corrected chi connectivity index (χ2v) is 7.66. The second kappa shape index (κ2) is 7.85. The molecule has 1 aromatic rings. The summed E-state index contributed by atoms with van der Waals surface area (Å²) in [5.74, 6) is 0. The van der Waals surface area contributed by atoms with E-state index in [4.69, 9.17) is 17.4 Å². The zero-order valence-corrected chi connectivity index (χ0v) is 14.7. The Labute approximate surface area is 142 Å². The molecule has 8 heteroatoms. The lowest BCUT2D eigenvalue weighted by Gasteiger charge is -2.23. The van der Waals surface area contributed by atoms with Crippen LogP contribution in [0, 0.1) is 0 Å². The first-order valence-corrected chi connectivity index (χ1v) is 9.56. The van der Waals surface area contributed by atoms with E-state index in [1.165, 1.54) is 31.4 Å². The third kappa shape index (κ3) is 5.56. The van der Waals surface area contributed by atoms with E-state index in [9.17, 15) is 8.42 Å². The van der Waals surface area contributed by atoms with Crippen LogP contribution < -0.4 is 15.9 Å². The van der Waals surface area contributed by atoms with Crippen LogP contribution in [0.25, 0.3) is 0 Å². The van der Waals surface area contributed by atoms with Crippen molar-refractivity contribution in [2.24, 2.45) is 10.2 Å². The highest BCUT2D eigenvalue weighted by Crippen LogP contribution is 2.17. The van der Waals surface area contributed by atoms with E-state index in [0.717, 1.165) is 18.4 Å². The van der Waals surface area contributed by atoms with Crippen molar-refractivity contribution in [1.29, 1.82) is 0 Å². The van der Waals surface area contributed by atoms with Crippen molar-refractivity contribution < 1.29 is 8.42 Å². The van der Waals surface area contributed by atoms with Gasteiger partial charge in [0.05, 0.1) is 10.6 Å². The van der Waals surface area contributed by atoms with Gasteiger partial charge in [0.15, 0.2) is 5.11 Å². The molecule has 0 atom stereocenters. The van der Waals surface area contributed by atoms with Crippen LogP contribution in [0.1, 0.15) is 44.6 Å². The minimum atomic E-state index is -3.67. The van der Waals surface area contributed by atoms with Crippen LogP contribution in [-0.4, -0.2) is 25.3 Å². The van der Waals surface area contributed by atoms with Crippen molar-refractivity contribution in [3.8, 4) is 0 Å². The lowest BCUT2D eigenvalue weighted by molar-refractivity contribution is 0.412. The zero-order valence-electron chi connectivity index (χ0n) is 13.1. The van der Waals surface area contributed by atoms with Gasteiger partial charge >= 0.3 is 0 Å². The number of hydrazone groups is 1. The predicted octanol–water partition coefficient (Wildman–Crippen LogP) is 1.85. The molecule has 0 amide bonds. The van der Waals surface area contributed by atoms with E-state index in [-0.39, 0.29) is 4.90 Å². The average Bonchev–Trinajstić information content (AvgIpc) is 2.53. The highest BCUT2D eigenvalue weighted by molar-refractivity contribution is 7.89. The topological polar surface area (TPSA) is 96.6 Å². The number of rotatable bonds is 4. The first-order chi connectivity index (χ1) is 10.9. The fourth-order valence-corrected chi connectivity index (χ4v) is 3.28. The van der Waals surface area contributed by atoms with Gasteiger partial charge in [0.1, 0.15) is 0 Å². The van der Waals surface area contributed by atoms with Crippen molar-refractivity contribution >= 4 is 33.1 Å². The number of nitrogens with one attached hydrogen (secondary N) is 2. The second-order valence-electron chi connectivity index (χ2n) is 5.69. The van der Waals surface area contributed by atoms with Gasteiger partial charge in [0.2, 0.25) is 10.0 Å². The maximum absolute atomic E-state index is 11.2. The van der Waals surface area contributed by atoms with Gasteiger partial charge in [-0.1, -0.05) is 31.4 Å². The molecule has 1 aliphatic rings. The van der Waals surface area contributed by atoms with Crippen LogP contribution in [0.15, 0.2) is 34.3 Å². The number of hydrogen-bond donors (Lipinski definition) is 3. The van der Waals surface area contributed by atoms with Gasteiger partial charge in [0, 0.05) is 6.04 Å². The number of hydrogen-bond acceptors (Lipinski definition) is 4. The molecule has 0 heterocycles. The Hall–Kier alpha value is -1.51. The number of sulfonamides is 1. The summed E-state index contributed by atoms with van der Waals surface area (Å²) >= 11 is 5.25. The van der Waals surface area contributed by atoms with Gasteiger partial charge in [-0.15, -0.1) is 0 Å². The molecule has 0 bridgehead atoms. The van der Waals surface area contributed by atoms with Crippen LogP contribution in [0.3, 0.4) is 0 Å². The Bertz CT molecular complexity index is 678. The molecular weight excluding hydrogens is 332 g/mol. The minimum Gasteiger partial charge on any atom is -0.359 e. The minimum absolute atomic E-state index is 0.0801. The maximum atomic E-state index is 11.2. The highest BCUT2D eigenvalue weighted by Gasteiger charge is 2.13. The third-order valence-electron chi connectivity index (χ3n) is 3.87. The van der Waals surface area contributed by atoms with Crippen LogP contribution in [0.4, 0.5) is 0 Å². The molecule has 2 rings (SSSR count). The van der Waals surface area contributed by atoms with Crippen molar-refractivity contribution in [3.63, 3.8) is 0 Å². The largest absolute Gasteiger partial charge is 0.359 e. The van der Waals surface area contributed by atoms with Gasteiger partial charge in [-0.05, 0) is 49.7 Å². The molecular formula is C15H22N4O2S2. The Kier molecular flexibility index (Phi) is 6.09. The predicted molar refractivity (Wildman–Crippen MR) is 95.8 cm³/mol. The summed E-state index contributed by atoms with van der Waals surface area (Å²) in [5.41, 5.74) is 4.34. The molecule has 0 unspecified atom stereocenters. The molecule has 0 saturated heterocycles. The molecule has 1 aromatic carbocycles. The standard InChI is InChI=1S/C15H22N4O2S2/c1-11(12-7-9-14(10-8-12)23(16,20)21)18-19-15(22)17-13-5-3-2-4-6-13/h7-10,13H,2-6H2,1H3,(H2,16,20,21)(H2,17,19,22)/b18-11+. The van der Waals surface area contributed by atoms with E-state index >= 15 is 0 Å². The number of primary sulfonamides is 1. The summed E-state index contributed by atoms with van der Waals surface area (Å²) in [7, 11) is -3.67. The van der Waals surface area contributed by atoms with Crippen molar-refractivity contribution in [2.45, 2.75) is 50.0 Å². The van der Waals surface area contributed by atoms with Crippen molar-refractivity contribution in [1.82, 2.24) is 10.7 Å². The van der Waals surface area contributed by atoms with Crippen molar-refractivity contribution in [2.75, 3.05) is 0 Å². The Balaban J connectivity index is 1.92. The SMILES string of the molecule is C/C(=N\NC(=S)NC1CCCCC1)c1ccc(S(N)(=O)=O)cc1. The Morgan fingerprint density at radius 1 is 1.22 bits per heavy atom. The molecule has 0 aromatic heterocycles. The fourth-order valence-electron chi connectivity index (χ4n) is 2.55. The Morgan fingerprint density at radius 2 is 1.83 bits per heavy atom. The normalized spacial score (nSPS) is 16.9. The van der Waals surface area contributed by atoms with Gasteiger partial charge in [-0.25, -0.2) is 13.6 Å². The zero-order chi connectivity index (χ0) is 16.9. The van der Waals surface area contributed by atoms with Crippen LogP contribution in [-0.2, 0) is 10.0 Å². The molecule has 6 nitrogen and oxygen atoms in total. The van der Waals surface area contributed by atoms with Gasteiger partial charge in [-0.3, -0.25) is 5.43 Å². The number of nitrogens with two attached hydrogens (primary N) is 1. The van der Waals surface area contributed by atoms with Gasteiger partial charge < -0.3 is 5.32 Å². The molecule has 1 saturated carbocycles. The average molecular weight is 355 g/mol. The van der Waals surface area contributed by atoms with E-state index in [0.29, 0.717) is 16.9 Å². The summed E-state index contributed by atoms with van der Waals surface area (Å²) in [6.45, 7) is 1.82. The first kappa shape index (κ1) is 17.8. The number of nitrogens with zero attached hydrogens (tertiary/aromatic N) is 1. The van der Waals surface area contributed by atoms with Crippen LogP contribution in [0.2, 0.25) is 0 Å². The summed E-state index contributed by atoms with van der Waals surface area (Å²) < 4.78 is 22.5. The fraction of sp³-hybridized carbons (Fsp3) is 0.467. The lowest BCUT2D eigenvalue weighted by atomic mass is 9.96. The van der Waals surface area contributed by atoms with Crippen LogP contribution >= 0.6 is 12.2 Å². The molecule has 0 radical (unpaired) electrons. The molecule has 126 valence electrons. The van der Waals surface area contributed by atoms with Crippen LogP contribution in [0.5, 0.6) is 0 Å². The van der Waals surface area contributed by atoms with E-state index in [2.05, 4.69) is 15.8 Å². The van der Waals surface area contributed by atoms with E-state index in [1.54, 1.807) is 12.1 Å². The maximum Gasteiger partial charge on any atom is 0.238 e. The highest BCUT2D eigenvalue weighted by atomic mass is 32.2. The summed E-state index contributed by atoms with van der Waals surface area (Å²) in [6.07, 6.45) is 6.04. The summed E-state index contributed by atoms with van der Waals surface area (Å²) in [6, 6.07) is 6.67. The quantitative estimate of drug-likeness (QED) is 0.436. The number of benzene rings is 1. The molecule has 0 spiro atoms. The molecule has 23 heavy (non-hydrogen) atoms. The first-order valence-electron chi connectivity index (χ1n) is 7.60. The molecule has 0 aliphatic heterocycles. The molecule has 1 fully saturated rings. The van der Waals surface area contributed by atoms with E-state index < -0.39 is 10.0 Å². The monoisotopic (exact) mass is 354 g/mol. The van der Waals surface area contributed by atoms with Gasteiger partial charge in [-0.2, -0.15) is 5.10 Å². The third-order valence-corrected chi connectivity index (χ3v) is 5.00. The number of thiocarbonyl (C=S) groups is 1. The molecule has 1 aliphatic carbocycles. The smallest absolute Gasteiger partial charge is 0.238 e. The molecule has 4 N–H and O–H groups in total. The summed E-state index contributed by atoms with van der Waals surface area (Å²) in [5, 5.41) is 13.1. The van der Waals surface area contributed by atoms with Crippen molar-refractivity contribution in [3.05, 3.63) is 29.8 Å².